The summed E-state index contributed by atoms with van der Waals surface area (Å²) in [4.78, 5) is 46.8. The Labute approximate surface area is 173 Å². The number of hydrogen-bond donors (Lipinski definition) is 0. The number of carbonyl (C=O) groups excluding carboxylic acids is 1. The second kappa shape index (κ2) is 6.89. The van der Waals surface area contributed by atoms with Gasteiger partial charge in [0.05, 0.1) is 12.7 Å². The molecule has 2 aliphatic rings. The lowest BCUT2D eigenvalue weighted by Gasteiger charge is -2.22. The predicted molar refractivity (Wildman–Crippen MR) is 110 cm³/mol. The minimum Gasteiger partial charge on any atom is -0.354 e. The van der Waals surface area contributed by atoms with E-state index in [0.717, 1.165) is 30.1 Å². The molecular weight excluding hydrogens is 384 g/mol. The number of likely N-dealkylation sites (tertiary alicyclic amines) is 1. The molecule has 2 fully saturated rings. The SMILES string of the molecule is Cc1ncn(CC(=O)N2CC3CN(c4ncnc5c4ncn5C)CC3C2)c(=O)c1C. The summed E-state index contributed by atoms with van der Waals surface area (Å²) in [6, 6.07) is 0. The molecule has 156 valence electrons. The molecule has 3 aromatic rings. The summed E-state index contributed by atoms with van der Waals surface area (Å²) in [5, 5.41) is 0. The van der Waals surface area contributed by atoms with E-state index in [1.54, 1.807) is 26.5 Å². The van der Waals surface area contributed by atoms with Crippen molar-refractivity contribution in [2.24, 2.45) is 18.9 Å². The van der Waals surface area contributed by atoms with Gasteiger partial charge in [-0.2, -0.15) is 0 Å². The maximum Gasteiger partial charge on any atom is 0.256 e. The van der Waals surface area contributed by atoms with Crippen molar-refractivity contribution in [3.8, 4) is 0 Å². The summed E-state index contributed by atoms with van der Waals surface area (Å²) in [7, 11) is 1.92. The largest absolute Gasteiger partial charge is 0.354 e. The normalized spacial score (nSPS) is 20.9. The van der Waals surface area contributed by atoms with Crippen LogP contribution in [0.1, 0.15) is 11.3 Å². The Morgan fingerprint density at radius 2 is 1.77 bits per heavy atom. The van der Waals surface area contributed by atoms with Crippen molar-refractivity contribution in [2.75, 3.05) is 31.1 Å². The Balaban J connectivity index is 1.27. The third-order valence-electron chi connectivity index (χ3n) is 6.44. The van der Waals surface area contributed by atoms with E-state index in [1.165, 1.54) is 10.9 Å². The van der Waals surface area contributed by atoms with Gasteiger partial charge in [0.15, 0.2) is 17.0 Å². The molecule has 0 aromatic carbocycles. The monoisotopic (exact) mass is 408 g/mol. The minimum absolute atomic E-state index is 0.0303. The van der Waals surface area contributed by atoms with Crippen LogP contribution in [0.4, 0.5) is 5.82 Å². The number of carbonyl (C=O) groups is 1. The molecule has 0 aliphatic carbocycles. The van der Waals surface area contributed by atoms with E-state index >= 15 is 0 Å². The van der Waals surface area contributed by atoms with Crippen LogP contribution in [0.5, 0.6) is 0 Å². The van der Waals surface area contributed by atoms with Crippen molar-refractivity contribution in [3.63, 3.8) is 0 Å². The summed E-state index contributed by atoms with van der Waals surface area (Å²) in [5.74, 6) is 1.60. The van der Waals surface area contributed by atoms with E-state index in [9.17, 15) is 9.59 Å². The van der Waals surface area contributed by atoms with Gasteiger partial charge in [-0.15, -0.1) is 0 Å². The van der Waals surface area contributed by atoms with Crippen molar-refractivity contribution in [2.45, 2.75) is 20.4 Å². The van der Waals surface area contributed by atoms with Gasteiger partial charge in [-0.1, -0.05) is 0 Å². The average Bonchev–Trinajstić information content (AvgIpc) is 3.42. The zero-order chi connectivity index (χ0) is 21.0. The van der Waals surface area contributed by atoms with Gasteiger partial charge in [0.1, 0.15) is 12.9 Å². The first-order valence-corrected chi connectivity index (χ1v) is 10.1. The van der Waals surface area contributed by atoms with Crippen LogP contribution in [0.25, 0.3) is 11.2 Å². The highest BCUT2D eigenvalue weighted by atomic mass is 16.2. The molecular formula is C20H24N8O2. The van der Waals surface area contributed by atoms with Gasteiger partial charge < -0.3 is 14.4 Å². The number of amides is 1. The van der Waals surface area contributed by atoms with Crippen molar-refractivity contribution in [1.29, 1.82) is 0 Å². The van der Waals surface area contributed by atoms with Gasteiger partial charge in [0.25, 0.3) is 5.56 Å². The van der Waals surface area contributed by atoms with Crippen LogP contribution < -0.4 is 10.5 Å². The molecule has 0 bridgehead atoms. The van der Waals surface area contributed by atoms with E-state index in [-0.39, 0.29) is 18.0 Å². The Morgan fingerprint density at radius 1 is 1.03 bits per heavy atom. The summed E-state index contributed by atoms with van der Waals surface area (Å²) >= 11 is 0. The van der Waals surface area contributed by atoms with E-state index in [2.05, 4.69) is 24.8 Å². The second-order valence-electron chi connectivity index (χ2n) is 8.34. The Bertz CT molecular complexity index is 1190. The molecule has 2 saturated heterocycles. The standard InChI is InChI=1S/C20H24N8O2/c1-12-13(2)23-11-28(20(12)30)8-16(29)26-4-14-6-27(7-15(14)5-26)19-17-18(21-9-22-19)25(3)10-24-17/h9-11,14-15H,4-8H2,1-3H3. The van der Waals surface area contributed by atoms with Crippen molar-refractivity contribution < 1.29 is 4.79 Å². The van der Waals surface area contributed by atoms with Gasteiger partial charge >= 0.3 is 0 Å². The van der Waals surface area contributed by atoms with Gasteiger partial charge in [-0.3, -0.25) is 14.2 Å². The van der Waals surface area contributed by atoms with Crippen LogP contribution in [0.2, 0.25) is 0 Å². The van der Waals surface area contributed by atoms with Gasteiger partial charge in [-0.25, -0.2) is 19.9 Å². The quantitative estimate of drug-likeness (QED) is 0.607. The van der Waals surface area contributed by atoms with Gasteiger partial charge in [0.2, 0.25) is 5.91 Å². The molecule has 30 heavy (non-hydrogen) atoms. The lowest BCUT2D eigenvalue weighted by molar-refractivity contribution is -0.131. The molecule has 5 rings (SSSR count). The molecule has 2 atom stereocenters. The van der Waals surface area contributed by atoms with Crippen LogP contribution in [-0.2, 0) is 18.4 Å². The fourth-order valence-corrected chi connectivity index (χ4v) is 4.57. The smallest absolute Gasteiger partial charge is 0.256 e. The Hall–Kier alpha value is -3.30. The van der Waals surface area contributed by atoms with E-state index in [1.807, 2.05) is 16.5 Å². The lowest BCUT2D eigenvalue weighted by Crippen LogP contribution is -2.38. The summed E-state index contributed by atoms with van der Waals surface area (Å²) < 4.78 is 3.30. The molecule has 1 amide bonds. The summed E-state index contributed by atoms with van der Waals surface area (Å²) in [5.41, 5.74) is 2.77. The zero-order valence-corrected chi connectivity index (χ0v) is 17.3. The molecule has 0 radical (unpaired) electrons. The molecule has 5 heterocycles. The highest BCUT2D eigenvalue weighted by Crippen LogP contribution is 2.35. The molecule has 10 heteroatoms. The maximum absolute atomic E-state index is 12.8. The van der Waals surface area contributed by atoms with Crippen molar-refractivity contribution in [1.82, 2.24) is 34.0 Å². The number of rotatable bonds is 3. The summed E-state index contributed by atoms with van der Waals surface area (Å²) in [6.45, 7) is 6.65. The highest BCUT2D eigenvalue weighted by molar-refractivity contribution is 5.83. The Morgan fingerprint density at radius 3 is 2.50 bits per heavy atom. The molecule has 0 spiro atoms. The molecule has 3 aromatic heterocycles. The van der Waals surface area contributed by atoms with Crippen LogP contribution in [0.15, 0.2) is 23.8 Å². The summed E-state index contributed by atoms with van der Waals surface area (Å²) in [6.07, 6.45) is 4.80. The number of nitrogens with zero attached hydrogens (tertiary/aromatic N) is 8. The molecule has 2 unspecified atom stereocenters. The number of aryl methyl sites for hydroxylation is 2. The Kier molecular flexibility index (Phi) is 4.30. The number of fused-ring (bicyclic) bond motifs is 2. The van der Waals surface area contributed by atoms with Gasteiger partial charge in [-0.05, 0) is 13.8 Å². The van der Waals surface area contributed by atoms with Crippen LogP contribution in [-0.4, -0.2) is 66.1 Å². The highest BCUT2D eigenvalue weighted by Gasteiger charge is 2.42. The van der Waals surface area contributed by atoms with E-state index < -0.39 is 0 Å². The fourth-order valence-electron chi connectivity index (χ4n) is 4.57. The van der Waals surface area contributed by atoms with Crippen molar-refractivity contribution >= 4 is 22.9 Å². The van der Waals surface area contributed by atoms with E-state index in [0.29, 0.717) is 36.2 Å². The van der Waals surface area contributed by atoms with Crippen LogP contribution in [0, 0.1) is 25.7 Å². The molecule has 0 N–H and O–H groups in total. The van der Waals surface area contributed by atoms with Crippen molar-refractivity contribution in [3.05, 3.63) is 40.6 Å². The van der Waals surface area contributed by atoms with Crippen LogP contribution >= 0.6 is 0 Å². The first kappa shape index (κ1) is 18.7. The predicted octanol–water partition coefficient (Wildman–Crippen LogP) is 0.132. The minimum atomic E-state index is -0.149. The zero-order valence-electron chi connectivity index (χ0n) is 17.3. The number of imidazole rings is 1. The maximum atomic E-state index is 12.8. The molecule has 0 saturated carbocycles. The molecule has 2 aliphatic heterocycles. The lowest BCUT2D eigenvalue weighted by atomic mass is 10.0. The first-order chi connectivity index (χ1) is 14.4. The number of hydrogen-bond acceptors (Lipinski definition) is 7. The third kappa shape index (κ3) is 2.94. The first-order valence-electron chi connectivity index (χ1n) is 10.1. The number of anilines is 1. The topological polar surface area (TPSA) is 102 Å². The second-order valence-corrected chi connectivity index (χ2v) is 8.34. The fraction of sp³-hybridized carbons (Fsp3) is 0.500. The number of aromatic nitrogens is 6. The average molecular weight is 408 g/mol. The van der Waals surface area contributed by atoms with Crippen LogP contribution in [0.3, 0.4) is 0 Å². The molecule has 10 nitrogen and oxygen atoms in total. The van der Waals surface area contributed by atoms with Gasteiger partial charge in [0, 0.05) is 56.3 Å². The van der Waals surface area contributed by atoms with E-state index in [4.69, 9.17) is 0 Å². The third-order valence-corrected chi connectivity index (χ3v) is 6.44.